The van der Waals surface area contributed by atoms with Crippen LogP contribution in [-0.4, -0.2) is 52.7 Å². The molecule has 0 unspecified atom stereocenters. The maximum absolute atomic E-state index is 12.3. The Hall–Kier alpha value is -3.42. The lowest BCUT2D eigenvalue weighted by Gasteiger charge is -2.33. The van der Waals surface area contributed by atoms with E-state index in [0.717, 1.165) is 0 Å². The van der Waals surface area contributed by atoms with Crippen molar-refractivity contribution in [3.8, 4) is 0 Å². The van der Waals surface area contributed by atoms with Crippen molar-refractivity contribution in [1.29, 1.82) is 0 Å². The number of carbonyl (C=O) groups is 2. The number of rotatable bonds is 4. The summed E-state index contributed by atoms with van der Waals surface area (Å²) >= 11 is 0. The van der Waals surface area contributed by atoms with Gasteiger partial charge in [0.25, 0.3) is 11.6 Å². The van der Waals surface area contributed by atoms with Gasteiger partial charge in [-0.3, -0.25) is 19.7 Å². The normalized spacial score (nSPS) is 14.6. The first-order chi connectivity index (χ1) is 12.5. The molecule has 8 nitrogen and oxygen atoms in total. The lowest BCUT2D eigenvalue weighted by atomic mass is 10.2. The molecule has 1 saturated heterocycles. The maximum Gasteiger partial charge on any atom is 0.289 e. The van der Waals surface area contributed by atoms with Crippen LogP contribution in [0.3, 0.4) is 0 Å². The van der Waals surface area contributed by atoms with Crippen LogP contribution in [0.1, 0.15) is 16.1 Å². The smallest absolute Gasteiger partial charge is 0.289 e. The Morgan fingerprint density at radius 1 is 1.08 bits per heavy atom. The first-order valence-corrected chi connectivity index (χ1v) is 8.09. The lowest BCUT2D eigenvalue weighted by molar-refractivity contribution is -0.384. The summed E-state index contributed by atoms with van der Waals surface area (Å²) in [6.07, 6.45) is 4.39. The van der Waals surface area contributed by atoms with Crippen molar-refractivity contribution in [3.63, 3.8) is 0 Å². The standard InChI is InChI=1S/C18H17N3O5/c22-17(7-6-14-3-1-4-15(13-14)21(24)25)19-8-10-20(11-9-19)18(23)16-5-2-12-26-16/h1-7,12-13H,8-11H2/b7-6+. The first kappa shape index (κ1) is 17.4. The topological polar surface area (TPSA) is 96.9 Å². The average Bonchev–Trinajstić information content (AvgIpc) is 3.20. The number of nitrogens with zero attached hydrogens (tertiary/aromatic N) is 3. The molecule has 2 aromatic rings. The molecule has 1 aromatic heterocycles. The molecule has 1 aliphatic heterocycles. The van der Waals surface area contributed by atoms with E-state index >= 15 is 0 Å². The van der Waals surface area contributed by atoms with Gasteiger partial charge in [-0.05, 0) is 23.8 Å². The summed E-state index contributed by atoms with van der Waals surface area (Å²) in [4.78, 5) is 38.1. The van der Waals surface area contributed by atoms with E-state index in [4.69, 9.17) is 4.42 Å². The zero-order valence-electron chi connectivity index (χ0n) is 13.9. The highest BCUT2D eigenvalue weighted by Gasteiger charge is 2.25. The number of non-ortho nitro benzene ring substituents is 1. The van der Waals surface area contributed by atoms with Gasteiger partial charge in [0.1, 0.15) is 0 Å². The Labute approximate surface area is 149 Å². The molecule has 0 atom stereocenters. The molecule has 3 rings (SSSR count). The zero-order chi connectivity index (χ0) is 18.5. The Morgan fingerprint density at radius 3 is 2.46 bits per heavy atom. The minimum Gasteiger partial charge on any atom is -0.459 e. The SMILES string of the molecule is O=C(/C=C/c1cccc([N+](=O)[O-])c1)N1CCN(C(=O)c2ccco2)CC1. The van der Waals surface area contributed by atoms with Gasteiger partial charge in [0.15, 0.2) is 5.76 Å². The van der Waals surface area contributed by atoms with Crippen LogP contribution in [0.25, 0.3) is 6.08 Å². The zero-order valence-corrected chi connectivity index (χ0v) is 13.9. The third-order valence-corrected chi connectivity index (χ3v) is 4.11. The van der Waals surface area contributed by atoms with Gasteiger partial charge in [0.05, 0.1) is 11.2 Å². The summed E-state index contributed by atoms with van der Waals surface area (Å²) in [5, 5.41) is 10.8. The monoisotopic (exact) mass is 355 g/mol. The third kappa shape index (κ3) is 3.97. The van der Waals surface area contributed by atoms with E-state index in [9.17, 15) is 19.7 Å². The van der Waals surface area contributed by atoms with Crippen LogP contribution >= 0.6 is 0 Å². The molecule has 0 spiro atoms. The minimum absolute atomic E-state index is 0.0235. The molecule has 0 aliphatic carbocycles. The molecule has 0 radical (unpaired) electrons. The average molecular weight is 355 g/mol. The van der Waals surface area contributed by atoms with Gasteiger partial charge in [-0.2, -0.15) is 0 Å². The quantitative estimate of drug-likeness (QED) is 0.476. The number of amides is 2. The van der Waals surface area contributed by atoms with Crippen molar-refractivity contribution in [2.24, 2.45) is 0 Å². The van der Waals surface area contributed by atoms with Gasteiger partial charge >= 0.3 is 0 Å². The van der Waals surface area contributed by atoms with Gasteiger partial charge in [-0.15, -0.1) is 0 Å². The molecule has 1 aliphatic rings. The van der Waals surface area contributed by atoms with Crippen molar-refractivity contribution in [1.82, 2.24) is 9.80 Å². The summed E-state index contributed by atoms with van der Waals surface area (Å²) in [5.41, 5.74) is 0.559. The summed E-state index contributed by atoms with van der Waals surface area (Å²) in [5.74, 6) is -0.0915. The van der Waals surface area contributed by atoms with Crippen LogP contribution < -0.4 is 0 Å². The summed E-state index contributed by atoms with van der Waals surface area (Å²) < 4.78 is 5.11. The van der Waals surface area contributed by atoms with Crippen molar-refractivity contribution in [2.75, 3.05) is 26.2 Å². The van der Waals surface area contributed by atoms with E-state index in [1.54, 1.807) is 40.1 Å². The van der Waals surface area contributed by atoms with Gasteiger partial charge in [-0.25, -0.2) is 0 Å². The fourth-order valence-corrected chi connectivity index (χ4v) is 2.70. The highest BCUT2D eigenvalue weighted by molar-refractivity contribution is 5.93. The molecule has 8 heteroatoms. The predicted octanol–water partition coefficient (Wildman–Crippen LogP) is 2.19. The van der Waals surface area contributed by atoms with Gasteiger partial charge in [0, 0.05) is 44.4 Å². The number of furan rings is 1. The van der Waals surface area contributed by atoms with Gasteiger partial charge in [-0.1, -0.05) is 12.1 Å². The molecule has 134 valence electrons. The molecule has 0 N–H and O–H groups in total. The molecular weight excluding hydrogens is 338 g/mol. The molecule has 1 aromatic carbocycles. The molecule has 26 heavy (non-hydrogen) atoms. The Balaban J connectivity index is 1.56. The minimum atomic E-state index is -0.478. The Bertz CT molecular complexity index is 836. The van der Waals surface area contributed by atoms with E-state index in [0.29, 0.717) is 31.7 Å². The van der Waals surface area contributed by atoms with E-state index in [2.05, 4.69) is 0 Å². The van der Waals surface area contributed by atoms with E-state index in [1.165, 1.54) is 24.5 Å². The molecule has 0 bridgehead atoms. The number of nitro benzene ring substituents is 1. The van der Waals surface area contributed by atoms with E-state index in [-0.39, 0.29) is 23.3 Å². The largest absolute Gasteiger partial charge is 0.459 e. The number of hydrogen-bond donors (Lipinski definition) is 0. The second-order valence-electron chi connectivity index (χ2n) is 5.78. The Kier molecular flexibility index (Phi) is 5.12. The molecule has 2 heterocycles. The number of benzene rings is 1. The van der Waals surface area contributed by atoms with Gasteiger partial charge in [0.2, 0.25) is 5.91 Å². The van der Waals surface area contributed by atoms with E-state index in [1.807, 2.05) is 0 Å². The second-order valence-corrected chi connectivity index (χ2v) is 5.78. The fraction of sp³-hybridized carbons (Fsp3) is 0.222. The number of piperazine rings is 1. The van der Waals surface area contributed by atoms with Gasteiger partial charge < -0.3 is 14.2 Å². The second kappa shape index (κ2) is 7.64. The molecular formula is C18H17N3O5. The van der Waals surface area contributed by atoms with Crippen molar-refractivity contribution in [2.45, 2.75) is 0 Å². The van der Waals surface area contributed by atoms with Crippen LogP contribution in [0.4, 0.5) is 5.69 Å². The Morgan fingerprint density at radius 2 is 1.81 bits per heavy atom. The highest BCUT2D eigenvalue weighted by Crippen LogP contribution is 2.15. The summed E-state index contributed by atoms with van der Waals surface area (Å²) in [6, 6.07) is 9.34. The van der Waals surface area contributed by atoms with Crippen LogP contribution in [0, 0.1) is 10.1 Å². The van der Waals surface area contributed by atoms with Crippen molar-refractivity contribution in [3.05, 3.63) is 70.2 Å². The predicted molar refractivity (Wildman–Crippen MR) is 93.3 cm³/mol. The number of nitro groups is 1. The van der Waals surface area contributed by atoms with Crippen LogP contribution in [-0.2, 0) is 4.79 Å². The fourth-order valence-electron chi connectivity index (χ4n) is 2.70. The van der Waals surface area contributed by atoms with Crippen LogP contribution in [0.15, 0.2) is 53.2 Å². The van der Waals surface area contributed by atoms with Crippen LogP contribution in [0.5, 0.6) is 0 Å². The highest BCUT2D eigenvalue weighted by atomic mass is 16.6. The van der Waals surface area contributed by atoms with E-state index < -0.39 is 4.92 Å². The summed E-state index contributed by atoms with van der Waals surface area (Å²) in [7, 11) is 0. The molecule has 1 fully saturated rings. The number of hydrogen-bond acceptors (Lipinski definition) is 5. The lowest BCUT2D eigenvalue weighted by Crippen LogP contribution is -2.50. The third-order valence-electron chi connectivity index (χ3n) is 4.11. The molecule has 0 saturated carbocycles. The summed E-state index contributed by atoms with van der Waals surface area (Å²) in [6.45, 7) is 1.70. The molecule has 2 amide bonds. The van der Waals surface area contributed by atoms with Crippen LogP contribution in [0.2, 0.25) is 0 Å². The number of carbonyl (C=O) groups excluding carboxylic acids is 2. The van der Waals surface area contributed by atoms with Crippen molar-refractivity contribution >= 4 is 23.6 Å². The van der Waals surface area contributed by atoms with Crippen molar-refractivity contribution < 1.29 is 18.9 Å². The first-order valence-electron chi connectivity index (χ1n) is 8.09. The maximum atomic E-state index is 12.3.